The molecule has 0 heterocycles. The average molecular weight is 311 g/mol. The summed E-state index contributed by atoms with van der Waals surface area (Å²) in [5.74, 6) is 0. The molecule has 0 saturated carbocycles. The van der Waals surface area contributed by atoms with Crippen molar-refractivity contribution in [3.05, 3.63) is 64.7 Å². The number of hydrogen-bond acceptors (Lipinski definition) is 0. The molecule has 1 aliphatic rings. The van der Waals surface area contributed by atoms with Crippen LogP contribution in [0.15, 0.2) is 48.0 Å². The third-order valence-corrected chi connectivity index (χ3v) is 5.05. The molecule has 0 N–H and O–H groups in total. The van der Waals surface area contributed by atoms with Gasteiger partial charge in [0.25, 0.3) is 0 Å². The number of halogens is 1. The smallest absolute Gasteiger partial charge is 0.0804 e. The van der Waals surface area contributed by atoms with E-state index in [0.717, 1.165) is 6.42 Å². The van der Waals surface area contributed by atoms with Gasteiger partial charge in [0.15, 0.2) is 0 Å². The number of allylic oxidation sites excluding steroid dienone is 1. The number of rotatable bonds is 2. The predicted octanol–water partition coefficient (Wildman–Crippen LogP) is 6.74. The normalized spacial score (nSPS) is 17.3. The van der Waals surface area contributed by atoms with Crippen LogP contribution in [0, 0.1) is 0 Å². The van der Waals surface area contributed by atoms with Crippen LogP contribution < -0.4 is 0 Å². The summed E-state index contributed by atoms with van der Waals surface area (Å²) in [5.41, 5.74) is 7.96. The molecule has 3 rings (SSSR count). The summed E-state index contributed by atoms with van der Waals surface area (Å²) in [7, 11) is 0. The second-order valence-corrected chi connectivity index (χ2v) is 7.51. The van der Waals surface area contributed by atoms with E-state index in [4.69, 9.17) is 11.6 Å². The predicted molar refractivity (Wildman–Crippen MR) is 97.4 cm³/mol. The van der Waals surface area contributed by atoms with E-state index >= 15 is 0 Å². The molecule has 1 atom stereocenters. The highest BCUT2D eigenvalue weighted by molar-refractivity contribution is 6.24. The van der Waals surface area contributed by atoms with E-state index in [2.05, 4.69) is 76.2 Å². The van der Waals surface area contributed by atoms with Gasteiger partial charge in [-0.2, -0.15) is 0 Å². The number of fused-ring (bicyclic) bond motifs is 1. The Hall–Kier alpha value is -1.53. The summed E-state index contributed by atoms with van der Waals surface area (Å²) in [5, 5.41) is 0.0359. The topological polar surface area (TPSA) is 0 Å². The summed E-state index contributed by atoms with van der Waals surface area (Å²) < 4.78 is 0. The lowest BCUT2D eigenvalue weighted by atomic mass is 9.86. The van der Waals surface area contributed by atoms with Gasteiger partial charge in [-0.15, -0.1) is 11.6 Å². The van der Waals surface area contributed by atoms with Crippen LogP contribution in [0.2, 0.25) is 0 Å². The summed E-state index contributed by atoms with van der Waals surface area (Å²) in [4.78, 5) is 0. The van der Waals surface area contributed by atoms with Crippen LogP contribution in [0.3, 0.4) is 0 Å². The average Bonchev–Trinajstić information content (AvgIpc) is 2.83. The van der Waals surface area contributed by atoms with Crippen molar-refractivity contribution in [1.82, 2.24) is 0 Å². The highest BCUT2D eigenvalue weighted by Crippen LogP contribution is 2.44. The van der Waals surface area contributed by atoms with Crippen molar-refractivity contribution in [2.75, 3.05) is 0 Å². The van der Waals surface area contributed by atoms with Gasteiger partial charge in [0.1, 0.15) is 0 Å². The van der Waals surface area contributed by atoms with E-state index < -0.39 is 0 Å². The van der Waals surface area contributed by atoms with Crippen LogP contribution in [-0.2, 0) is 5.41 Å². The molecule has 22 heavy (non-hydrogen) atoms. The molecule has 0 nitrogen and oxygen atoms in total. The summed E-state index contributed by atoms with van der Waals surface area (Å²) in [6, 6.07) is 15.4. The van der Waals surface area contributed by atoms with Gasteiger partial charge < -0.3 is 0 Å². The van der Waals surface area contributed by atoms with Gasteiger partial charge in [0, 0.05) is 0 Å². The Bertz CT molecular complexity index is 715. The molecule has 114 valence electrons. The fourth-order valence-corrected chi connectivity index (χ4v) is 3.51. The molecule has 0 bridgehead atoms. The number of benzene rings is 2. The molecule has 0 fully saturated rings. The van der Waals surface area contributed by atoms with Crippen LogP contribution in [0.4, 0.5) is 0 Å². The summed E-state index contributed by atoms with van der Waals surface area (Å²) >= 11 is 6.59. The van der Waals surface area contributed by atoms with Crippen molar-refractivity contribution >= 4 is 17.7 Å². The molecule has 0 aliphatic heterocycles. The Morgan fingerprint density at radius 3 is 2.27 bits per heavy atom. The van der Waals surface area contributed by atoms with Crippen LogP contribution in [0.5, 0.6) is 0 Å². The fraction of sp³-hybridized carbons (Fsp3) is 0.333. The summed E-state index contributed by atoms with van der Waals surface area (Å²) in [6.07, 6.45) is 3.28. The molecule has 1 heteroatoms. The van der Waals surface area contributed by atoms with E-state index in [0.29, 0.717) is 0 Å². The maximum absolute atomic E-state index is 6.59. The largest absolute Gasteiger partial charge is 0.113 e. The minimum atomic E-state index is 0.0359. The molecule has 0 radical (unpaired) electrons. The Morgan fingerprint density at radius 2 is 1.68 bits per heavy atom. The molecule has 2 aromatic carbocycles. The molecule has 2 aromatic rings. The van der Waals surface area contributed by atoms with E-state index in [9.17, 15) is 0 Å². The molecule has 0 saturated heterocycles. The standard InChI is InChI=1S/C21H23Cl/c1-5-14-13-19-17(7-6-8-18(19)20(14)22)15-9-11-16(12-10-15)21(2,3)4/h6-13,20H,5H2,1-4H3. The van der Waals surface area contributed by atoms with Crippen LogP contribution in [0.1, 0.15) is 56.2 Å². The Balaban J connectivity index is 2.06. The third-order valence-electron chi connectivity index (χ3n) is 4.54. The Kier molecular flexibility index (Phi) is 3.91. The minimum absolute atomic E-state index is 0.0359. The van der Waals surface area contributed by atoms with Crippen molar-refractivity contribution < 1.29 is 0 Å². The first kappa shape index (κ1) is 15.4. The second kappa shape index (κ2) is 5.59. The molecular formula is C21H23Cl. The third kappa shape index (κ3) is 2.61. The van der Waals surface area contributed by atoms with Crippen LogP contribution in [-0.4, -0.2) is 0 Å². The Morgan fingerprint density at radius 1 is 1.00 bits per heavy atom. The van der Waals surface area contributed by atoms with Crippen molar-refractivity contribution in [3.63, 3.8) is 0 Å². The molecule has 1 unspecified atom stereocenters. The van der Waals surface area contributed by atoms with Gasteiger partial charge >= 0.3 is 0 Å². The number of hydrogen-bond donors (Lipinski definition) is 0. The SMILES string of the molecule is CCC1=Cc2c(-c3ccc(C(C)(C)C)cc3)cccc2C1Cl. The maximum Gasteiger partial charge on any atom is 0.0804 e. The molecule has 0 aromatic heterocycles. The van der Waals surface area contributed by atoms with E-state index in [1.807, 2.05) is 0 Å². The summed E-state index contributed by atoms with van der Waals surface area (Å²) in [6.45, 7) is 8.91. The van der Waals surface area contributed by atoms with Gasteiger partial charge in [-0.1, -0.05) is 76.2 Å². The second-order valence-electron chi connectivity index (χ2n) is 7.07. The van der Waals surface area contributed by atoms with Crippen LogP contribution >= 0.6 is 11.6 Å². The Labute approximate surface area is 138 Å². The zero-order chi connectivity index (χ0) is 15.9. The highest BCUT2D eigenvalue weighted by Gasteiger charge is 2.24. The number of alkyl halides is 1. The van der Waals surface area contributed by atoms with Gasteiger partial charge in [-0.25, -0.2) is 0 Å². The van der Waals surface area contributed by atoms with E-state index in [1.54, 1.807) is 0 Å². The van der Waals surface area contributed by atoms with Gasteiger partial charge in [-0.3, -0.25) is 0 Å². The quantitative estimate of drug-likeness (QED) is 0.539. The van der Waals surface area contributed by atoms with Gasteiger partial charge in [0.2, 0.25) is 0 Å². The monoisotopic (exact) mass is 310 g/mol. The first-order valence-electron chi connectivity index (χ1n) is 8.00. The maximum atomic E-state index is 6.59. The van der Waals surface area contributed by atoms with Crippen molar-refractivity contribution in [2.45, 2.75) is 44.9 Å². The lowest BCUT2D eigenvalue weighted by Gasteiger charge is -2.19. The first-order valence-corrected chi connectivity index (χ1v) is 8.44. The fourth-order valence-electron chi connectivity index (χ4n) is 3.11. The lowest BCUT2D eigenvalue weighted by molar-refractivity contribution is 0.590. The molecule has 0 spiro atoms. The van der Waals surface area contributed by atoms with Crippen molar-refractivity contribution in [1.29, 1.82) is 0 Å². The van der Waals surface area contributed by atoms with E-state index in [-0.39, 0.29) is 10.8 Å². The zero-order valence-corrected chi connectivity index (χ0v) is 14.5. The first-order chi connectivity index (χ1) is 10.4. The van der Waals surface area contributed by atoms with Crippen LogP contribution in [0.25, 0.3) is 17.2 Å². The molecule has 1 aliphatic carbocycles. The molecule has 0 amide bonds. The lowest BCUT2D eigenvalue weighted by Crippen LogP contribution is -2.10. The van der Waals surface area contributed by atoms with Crippen molar-refractivity contribution in [3.8, 4) is 11.1 Å². The zero-order valence-electron chi connectivity index (χ0n) is 13.8. The molecular weight excluding hydrogens is 288 g/mol. The van der Waals surface area contributed by atoms with E-state index in [1.165, 1.54) is 33.4 Å². The van der Waals surface area contributed by atoms with Crippen molar-refractivity contribution in [2.24, 2.45) is 0 Å². The van der Waals surface area contributed by atoms with Gasteiger partial charge in [0.05, 0.1) is 5.38 Å². The highest BCUT2D eigenvalue weighted by atomic mass is 35.5. The van der Waals surface area contributed by atoms with Gasteiger partial charge in [-0.05, 0) is 45.2 Å². The minimum Gasteiger partial charge on any atom is -0.113 e.